The Morgan fingerprint density at radius 1 is 1.13 bits per heavy atom. The van der Waals surface area contributed by atoms with Crippen LogP contribution < -0.4 is 15.1 Å². The van der Waals surface area contributed by atoms with E-state index in [1.807, 2.05) is 31.3 Å². The van der Waals surface area contributed by atoms with Crippen LogP contribution in [0.2, 0.25) is 0 Å². The standard InChI is InChI=1S/C27H32F2N8O2/c1-16-11-20(28)19(25(38)31-21-14-30-37(23(21)29)27(2,3)4)13-18(16)17-12-22(35-7-9-39-10-8-35)24-32-26(34(5)6)33-36(24)15-17/h11-15H,7-10H2,1-6H3,(H,31,38). The molecule has 5 rings (SSSR count). The molecule has 3 aromatic heterocycles. The van der Waals surface area contributed by atoms with Gasteiger partial charge in [0.2, 0.25) is 11.9 Å². The zero-order valence-electron chi connectivity index (χ0n) is 22.9. The summed E-state index contributed by atoms with van der Waals surface area (Å²) in [4.78, 5) is 21.8. The number of halogens is 2. The van der Waals surface area contributed by atoms with Crippen LogP contribution in [-0.2, 0) is 10.3 Å². The van der Waals surface area contributed by atoms with Crippen LogP contribution in [0.5, 0.6) is 0 Å². The summed E-state index contributed by atoms with van der Waals surface area (Å²) in [5.41, 5.74) is 2.61. The third-order valence-corrected chi connectivity index (χ3v) is 6.62. The largest absolute Gasteiger partial charge is 0.378 e. The Labute approximate surface area is 225 Å². The summed E-state index contributed by atoms with van der Waals surface area (Å²) in [6.45, 7) is 9.71. The maximum atomic E-state index is 15.1. The molecule has 0 aliphatic carbocycles. The summed E-state index contributed by atoms with van der Waals surface area (Å²) < 4.78 is 38.4. The molecule has 1 fully saturated rings. The molecular formula is C27H32F2N8O2. The van der Waals surface area contributed by atoms with E-state index in [-0.39, 0.29) is 11.3 Å². The van der Waals surface area contributed by atoms with Gasteiger partial charge in [0.25, 0.3) is 5.91 Å². The van der Waals surface area contributed by atoms with Crippen LogP contribution in [0.3, 0.4) is 0 Å². The van der Waals surface area contributed by atoms with Crippen molar-refractivity contribution in [3.63, 3.8) is 0 Å². The predicted octanol–water partition coefficient (Wildman–Crippen LogP) is 4.09. The van der Waals surface area contributed by atoms with E-state index in [4.69, 9.17) is 9.72 Å². The fraction of sp³-hybridized carbons (Fsp3) is 0.407. The van der Waals surface area contributed by atoms with E-state index in [2.05, 4.69) is 20.4 Å². The fourth-order valence-corrected chi connectivity index (χ4v) is 4.56. The number of aryl methyl sites for hydroxylation is 1. The number of carbonyl (C=O) groups excluding carboxylic acids is 1. The van der Waals surface area contributed by atoms with Crippen LogP contribution >= 0.6 is 0 Å². The highest BCUT2D eigenvalue weighted by Crippen LogP contribution is 2.33. The number of aromatic nitrogens is 5. The first kappa shape index (κ1) is 26.5. The van der Waals surface area contributed by atoms with Crippen molar-refractivity contribution in [1.29, 1.82) is 0 Å². The molecule has 1 saturated heterocycles. The van der Waals surface area contributed by atoms with Crippen molar-refractivity contribution in [1.82, 2.24) is 24.4 Å². The highest BCUT2D eigenvalue weighted by Gasteiger charge is 2.25. The lowest BCUT2D eigenvalue weighted by molar-refractivity contribution is 0.102. The third kappa shape index (κ3) is 5.03. The van der Waals surface area contributed by atoms with Crippen LogP contribution in [0.1, 0.15) is 36.7 Å². The zero-order valence-corrected chi connectivity index (χ0v) is 22.9. The van der Waals surface area contributed by atoms with E-state index < -0.39 is 23.2 Å². The number of ether oxygens (including phenoxy) is 1. The van der Waals surface area contributed by atoms with Crippen molar-refractivity contribution in [3.05, 3.63) is 53.5 Å². The Morgan fingerprint density at radius 2 is 1.85 bits per heavy atom. The van der Waals surface area contributed by atoms with Gasteiger partial charge in [0.15, 0.2) is 5.65 Å². The summed E-state index contributed by atoms with van der Waals surface area (Å²) >= 11 is 0. The summed E-state index contributed by atoms with van der Waals surface area (Å²) in [7, 11) is 3.74. The monoisotopic (exact) mass is 538 g/mol. The second kappa shape index (κ2) is 9.92. The van der Waals surface area contributed by atoms with Gasteiger partial charge in [0, 0.05) is 38.9 Å². The van der Waals surface area contributed by atoms with Gasteiger partial charge in [-0.1, -0.05) is 0 Å². The van der Waals surface area contributed by atoms with Crippen LogP contribution in [0.25, 0.3) is 16.8 Å². The molecule has 206 valence electrons. The van der Waals surface area contributed by atoms with Gasteiger partial charge in [0.1, 0.15) is 11.5 Å². The molecule has 1 aliphatic heterocycles. The van der Waals surface area contributed by atoms with E-state index in [1.165, 1.54) is 23.0 Å². The van der Waals surface area contributed by atoms with Crippen LogP contribution in [-0.4, -0.2) is 70.7 Å². The van der Waals surface area contributed by atoms with Crippen molar-refractivity contribution < 1.29 is 18.3 Å². The second-order valence-electron chi connectivity index (χ2n) is 10.8. The number of fused-ring (bicyclic) bond motifs is 1. The number of pyridine rings is 1. The lowest BCUT2D eigenvalue weighted by Crippen LogP contribution is -2.36. The van der Waals surface area contributed by atoms with Gasteiger partial charge in [-0.2, -0.15) is 14.5 Å². The Bertz CT molecular complexity index is 1550. The molecule has 0 spiro atoms. The zero-order chi connectivity index (χ0) is 28.1. The predicted molar refractivity (Wildman–Crippen MR) is 146 cm³/mol. The Morgan fingerprint density at radius 3 is 2.49 bits per heavy atom. The number of nitrogens with one attached hydrogen (secondary N) is 1. The maximum Gasteiger partial charge on any atom is 0.258 e. The molecule has 1 aromatic carbocycles. The normalized spacial score (nSPS) is 14.2. The molecule has 0 bridgehead atoms. The topological polar surface area (TPSA) is 92.8 Å². The summed E-state index contributed by atoms with van der Waals surface area (Å²) in [5, 5.41) is 11.1. The van der Waals surface area contributed by atoms with Crippen molar-refractivity contribution in [3.8, 4) is 11.1 Å². The summed E-state index contributed by atoms with van der Waals surface area (Å²) in [5.74, 6) is -1.63. The van der Waals surface area contributed by atoms with Crippen LogP contribution in [0.4, 0.5) is 26.1 Å². The summed E-state index contributed by atoms with van der Waals surface area (Å²) in [6.07, 6.45) is 3.04. The first-order chi connectivity index (χ1) is 18.4. The fourth-order valence-electron chi connectivity index (χ4n) is 4.56. The van der Waals surface area contributed by atoms with Crippen LogP contribution in [0, 0.1) is 18.7 Å². The molecule has 4 heterocycles. The second-order valence-corrected chi connectivity index (χ2v) is 10.8. The Kier molecular flexibility index (Phi) is 6.75. The molecule has 1 amide bonds. The number of hydrogen-bond acceptors (Lipinski definition) is 7. The minimum absolute atomic E-state index is 0.119. The Balaban J connectivity index is 1.57. The van der Waals surface area contributed by atoms with Crippen LogP contribution in [0.15, 0.2) is 30.6 Å². The SMILES string of the molecule is Cc1cc(F)c(C(=O)Nc2cnn(C(C)(C)C)c2F)cc1-c1cc(N2CCOCC2)c2nc(N(C)C)nn2c1. The van der Waals surface area contributed by atoms with Crippen molar-refractivity contribution in [2.75, 3.05) is 55.5 Å². The van der Waals surface area contributed by atoms with E-state index in [0.717, 1.165) is 11.3 Å². The number of carbonyl (C=O) groups is 1. The number of rotatable bonds is 5. The van der Waals surface area contributed by atoms with Gasteiger partial charge in [-0.25, -0.2) is 13.6 Å². The van der Waals surface area contributed by atoms with Gasteiger partial charge < -0.3 is 19.9 Å². The molecule has 0 radical (unpaired) electrons. The van der Waals surface area contributed by atoms with Crippen molar-refractivity contribution in [2.24, 2.45) is 0 Å². The molecule has 10 nitrogen and oxygen atoms in total. The quantitative estimate of drug-likeness (QED) is 0.409. The maximum absolute atomic E-state index is 15.1. The molecule has 39 heavy (non-hydrogen) atoms. The third-order valence-electron chi connectivity index (χ3n) is 6.62. The molecule has 1 N–H and O–H groups in total. The number of anilines is 3. The van der Waals surface area contributed by atoms with E-state index >= 15 is 4.39 Å². The number of benzene rings is 1. The minimum Gasteiger partial charge on any atom is -0.378 e. The smallest absolute Gasteiger partial charge is 0.258 e. The van der Waals surface area contributed by atoms with Gasteiger partial charge in [-0.05, 0) is 57.0 Å². The first-order valence-corrected chi connectivity index (χ1v) is 12.7. The summed E-state index contributed by atoms with van der Waals surface area (Å²) in [6, 6.07) is 4.77. The van der Waals surface area contributed by atoms with E-state index in [9.17, 15) is 9.18 Å². The minimum atomic E-state index is -0.772. The number of morpholine rings is 1. The first-order valence-electron chi connectivity index (χ1n) is 12.7. The van der Waals surface area contributed by atoms with E-state index in [1.54, 1.807) is 32.2 Å². The highest BCUT2D eigenvalue weighted by atomic mass is 19.1. The number of nitrogens with zero attached hydrogens (tertiary/aromatic N) is 7. The lowest BCUT2D eigenvalue weighted by Gasteiger charge is -2.29. The van der Waals surface area contributed by atoms with Gasteiger partial charge in [-0.15, -0.1) is 5.10 Å². The molecule has 0 atom stereocenters. The molecule has 0 saturated carbocycles. The molecule has 12 heteroatoms. The lowest BCUT2D eigenvalue weighted by atomic mass is 9.98. The number of amides is 1. The van der Waals surface area contributed by atoms with Crippen molar-refractivity contribution in [2.45, 2.75) is 33.2 Å². The number of hydrogen-bond donors (Lipinski definition) is 1. The highest BCUT2D eigenvalue weighted by molar-refractivity contribution is 6.05. The molecular weight excluding hydrogens is 506 g/mol. The molecule has 0 unspecified atom stereocenters. The van der Waals surface area contributed by atoms with E-state index in [0.29, 0.717) is 49.0 Å². The molecule has 1 aliphatic rings. The van der Waals surface area contributed by atoms with Gasteiger partial charge in [-0.3, -0.25) is 4.79 Å². The van der Waals surface area contributed by atoms with Crippen molar-refractivity contribution >= 4 is 28.9 Å². The van der Waals surface area contributed by atoms with Gasteiger partial charge >= 0.3 is 0 Å². The Hall–Kier alpha value is -4.06. The molecule has 4 aromatic rings. The van der Waals surface area contributed by atoms with Gasteiger partial charge in [0.05, 0.1) is 36.2 Å². The average Bonchev–Trinajstić information content (AvgIpc) is 3.47. The average molecular weight is 539 g/mol.